The molecule has 3 aromatic rings. The molecular weight excluding hydrogens is 232 g/mol. The summed E-state index contributed by atoms with van der Waals surface area (Å²) in [5.41, 5.74) is 6.27. The zero-order valence-electron chi connectivity index (χ0n) is 11.2. The maximum absolute atomic E-state index is 4.08. The van der Waals surface area contributed by atoms with Crippen LogP contribution < -0.4 is 0 Å². The highest BCUT2D eigenvalue weighted by atomic mass is 15.0. The normalized spacial score (nSPS) is 10.6. The highest BCUT2D eigenvalue weighted by Gasteiger charge is 2.11. The summed E-state index contributed by atoms with van der Waals surface area (Å²) < 4.78 is 2.24. The third-order valence-corrected chi connectivity index (χ3v) is 3.59. The number of para-hydroxylation sites is 1. The number of rotatable bonds is 2. The van der Waals surface area contributed by atoms with E-state index in [1.54, 1.807) is 0 Å². The van der Waals surface area contributed by atoms with Gasteiger partial charge in [-0.3, -0.25) is 4.98 Å². The monoisotopic (exact) mass is 248 g/mol. The number of nitrogens with zero attached hydrogens (tertiary/aromatic N) is 2. The molecule has 0 saturated heterocycles. The highest BCUT2D eigenvalue weighted by molar-refractivity contribution is 5.68. The van der Waals surface area contributed by atoms with Crippen molar-refractivity contribution >= 4 is 0 Å². The highest BCUT2D eigenvalue weighted by Crippen LogP contribution is 2.28. The van der Waals surface area contributed by atoms with E-state index in [9.17, 15) is 0 Å². The Morgan fingerprint density at radius 3 is 2.26 bits per heavy atom. The Labute approximate surface area is 113 Å². The van der Waals surface area contributed by atoms with E-state index in [1.807, 2.05) is 18.5 Å². The van der Waals surface area contributed by atoms with E-state index >= 15 is 0 Å². The van der Waals surface area contributed by atoms with Crippen LogP contribution in [0.1, 0.15) is 11.3 Å². The maximum Gasteiger partial charge on any atom is 0.0452 e. The second-order valence-electron chi connectivity index (χ2n) is 4.69. The Hall–Kier alpha value is -2.35. The lowest BCUT2D eigenvalue weighted by molar-refractivity contribution is 1.01. The summed E-state index contributed by atoms with van der Waals surface area (Å²) in [4.78, 5) is 4.08. The molecule has 0 spiro atoms. The van der Waals surface area contributed by atoms with E-state index < -0.39 is 0 Å². The number of aromatic nitrogens is 2. The molecule has 0 unspecified atom stereocenters. The zero-order chi connectivity index (χ0) is 13.2. The van der Waals surface area contributed by atoms with Crippen LogP contribution in [-0.4, -0.2) is 9.55 Å². The molecule has 2 aromatic heterocycles. The molecule has 2 heterocycles. The number of hydrogen-bond acceptors (Lipinski definition) is 1. The SMILES string of the molecule is Cc1c(-c2ccncc2)cn(-c2ccccc2)c1C. The minimum Gasteiger partial charge on any atom is -0.320 e. The Bertz CT molecular complexity index is 622. The number of hydrogen-bond donors (Lipinski definition) is 0. The van der Waals surface area contributed by atoms with Crippen LogP contribution in [-0.2, 0) is 0 Å². The van der Waals surface area contributed by atoms with Crippen molar-refractivity contribution < 1.29 is 0 Å². The fourth-order valence-electron chi connectivity index (χ4n) is 2.38. The van der Waals surface area contributed by atoms with Crippen LogP contribution in [0.2, 0.25) is 0 Å². The molecular formula is C17H16N2. The first kappa shape index (κ1) is 11.7. The minimum atomic E-state index is 1.20. The molecule has 2 heteroatoms. The van der Waals surface area contributed by atoms with Gasteiger partial charge in [0.25, 0.3) is 0 Å². The Kier molecular flexibility index (Phi) is 2.92. The van der Waals surface area contributed by atoms with Crippen LogP contribution in [0.25, 0.3) is 16.8 Å². The fraction of sp³-hybridized carbons (Fsp3) is 0.118. The largest absolute Gasteiger partial charge is 0.320 e. The summed E-state index contributed by atoms with van der Waals surface area (Å²) in [7, 11) is 0. The predicted molar refractivity (Wildman–Crippen MR) is 78.5 cm³/mol. The second kappa shape index (κ2) is 4.73. The smallest absolute Gasteiger partial charge is 0.0452 e. The molecule has 19 heavy (non-hydrogen) atoms. The lowest BCUT2D eigenvalue weighted by Gasteiger charge is -2.05. The molecule has 0 aliphatic rings. The van der Waals surface area contributed by atoms with E-state index in [-0.39, 0.29) is 0 Å². The minimum absolute atomic E-state index is 1.20. The van der Waals surface area contributed by atoms with Crippen molar-refractivity contribution in [2.45, 2.75) is 13.8 Å². The maximum atomic E-state index is 4.08. The van der Waals surface area contributed by atoms with E-state index in [1.165, 1.54) is 28.1 Å². The molecule has 1 aromatic carbocycles. The van der Waals surface area contributed by atoms with Gasteiger partial charge in [-0.1, -0.05) is 18.2 Å². The van der Waals surface area contributed by atoms with Crippen LogP contribution in [0.15, 0.2) is 61.1 Å². The van der Waals surface area contributed by atoms with Crippen molar-refractivity contribution in [3.05, 3.63) is 72.3 Å². The van der Waals surface area contributed by atoms with Gasteiger partial charge in [0.05, 0.1) is 0 Å². The lowest BCUT2D eigenvalue weighted by atomic mass is 10.1. The van der Waals surface area contributed by atoms with Gasteiger partial charge in [0.1, 0.15) is 0 Å². The van der Waals surface area contributed by atoms with E-state index in [0.29, 0.717) is 0 Å². The van der Waals surface area contributed by atoms with Crippen LogP contribution in [0.5, 0.6) is 0 Å². The van der Waals surface area contributed by atoms with Gasteiger partial charge in [-0.2, -0.15) is 0 Å². The first-order chi connectivity index (χ1) is 9.27. The van der Waals surface area contributed by atoms with Crippen LogP contribution in [0, 0.1) is 13.8 Å². The molecule has 0 aliphatic heterocycles. The Morgan fingerprint density at radius 1 is 0.895 bits per heavy atom. The average Bonchev–Trinajstić information content (AvgIpc) is 2.77. The lowest BCUT2D eigenvalue weighted by Crippen LogP contribution is -1.94. The van der Waals surface area contributed by atoms with Gasteiger partial charge in [0.2, 0.25) is 0 Å². The Morgan fingerprint density at radius 2 is 1.58 bits per heavy atom. The summed E-state index contributed by atoms with van der Waals surface area (Å²) in [6.45, 7) is 4.33. The molecule has 0 radical (unpaired) electrons. The predicted octanol–water partition coefficient (Wildman–Crippen LogP) is 4.16. The van der Waals surface area contributed by atoms with Crippen molar-refractivity contribution in [3.8, 4) is 16.8 Å². The van der Waals surface area contributed by atoms with Crippen LogP contribution >= 0.6 is 0 Å². The average molecular weight is 248 g/mol. The van der Waals surface area contributed by atoms with Crippen LogP contribution in [0.3, 0.4) is 0 Å². The van der Waals surface area contributed by atoms with E-state index in [2.05, 4.69) is 66.0 Å². The quantitative estimate of drug-likeness (QED) is 0.666. The van der Waals surface area contributed by atoms with E-state index in [4.69, 9.17) is 0 Å². The fourth-order valence-corrected chi connectivity index (χ4v) is 2.38. The third-order valence-electron chi connectivity index (χ3n) is 3.59. The molecule has 0 amide bonds. The molecule has 2 nitrogen and oxygen atoms in total. The molecule has 0 fully saturated rings. The van der Waals surface area contributed by atoms with Crippen molar-refractivity contribution in [2.75, 3.05) is 0 Å². The van der Waals surface area contributed by atoms with Gasteiger partial charge in [-0.25, -0.2) is 0 Å². The van der Waals surface area contributed by atoms with Gasteiger partial charge < -0.3 is 4.57 Å². The molecule has 3 rings (SSSR count). The summed E-state index contributed by atoms with van der Waals surface area (Å²) in [5, 5.41) is 0. The van der Waals surface area contributed by atoms with Gasteiger partial charge >= 0.3 is 0 Å². The standard InChI is InChI=1S/C17H16N2/c1-13-14(2)19(16-6-4-3-5-7-16)12-17(13)15-8-10-18-11-9-15/h3-12H,1-2H3. The summed E-state index contributed by atoms with van der Waals surface area (Å²) in [6, 6.07) is 14.5. The van der Waals surface area contributed by atoms with Gasteiger partial charge in [-0.15, -0.1) is 0 Å². The molecule has 0 aliphatic carbocycles. The first-order valence-electron chi connectivity index (χ1n) is 6.42. The number of benzene rings is 1. The third kappa shape index (κ3) is 2.06. The van der Waals surface area contributed by atoms with Crippen molar-refractivity contribution in [1.29, 1.82) is 0 Å². The van der Waals surface area contributed by atoms with Crippen molar-refractivity contribution in [1.82, 2.24) is 9.55 Å². The molecule has 0 atom stereocenters. The van der Waals surface area contributed by atoms with Gasteiger partial charge in [-0.05, 0) is 49.2 Å². The molecule has 0 N–H and O–H groups in total. The first-order valence-corrected chi connectivity index (χ1v) is 6.42. The molecule has 0 bridgehead atoms. The van der Waals surface area contributed by atoms with Crippen molar-refractivity contribution in [3.63, 3.8) is 0 Å². The summed E-state index contributed by atoms with van der Waals surface area (Å²) in [6.07, 6.45) is 5.88. The van der Waals surface area contributed by atoms with Crippen LogP contribution in [0.4, 0.5) is 0 Å². The Balaban J connectivity index is 2.16. The second-order valence-corrected chi connectivity index (χ2v) is 4.69. The summed E-state index contributed by atoms with van der Waals surface area (Å²) >= 11 is 0. The zero-order valence-corrected chi connectivity index (χ0v) is 11.2. The van der Waals surface area contributed by atoms with E-state index in [0.717, 1.165) is 0 Å². The van der Waals surface area contributed by atoms with Gasteiger partial charge in [0, 0.05) is 35.5 Å². The summed E-state index contributed by atoms with van der Waals surface area (Å²) in [5.74, 6) is 0. The van der Waals surface area contributed by atoms with Gasteiger partial charge in [0.15, 0.2) is 0 Å². The molecule has 0 saturated carbocycles. The van der Waals surface area contributed by atoms with Crippen molar-refractivity contribution in [2.24, 2.45) is 0 Å². The molecule has 94 valence electrons. The topological polar surface area (TPSA) is 17.8 Å². The number of pyridine rings is 1.